The van der Waals surface area contributed by atoms with E-state index in [9.17, 15) is 4.79 Å². The van der Waals surface area contributed by atoms with Crippen molar-refractivity contribution in [2.24, 2.45) is 5.92 Å². The lowest BCUT2D eigenvalue weighted by atomic mass is 9.84. The number of carbonyl (C=O) groups excluding carboxylic acids is 1. The Morgan fingerprint density at radius 3 is 2.74 bits per heavy atom. The topological polar surface area (TPSA) is 46.3 Å². The summed E-state index contributed by atoms with van der Waals surface area (Å²) in [6, 6.07) is 2.17. The fourth-order valence-electron chi connectivity index (χ4n) is 2.96. The number of carbonyl (C=O) groups is 1. The summed E-state index contributed by atoms with van der Waals surface area (Å²) in [6.45, 7) is 5.07. The van der Waals surface area contributed by atoms with Crippen LogP contribution in [-0.2, 0) is 4.79 Å². The first-order valence-electron chi connectivity index (χ1n) is 7.44. The van der Waals surface area contributed by atoms with Gasteiger partial charge in [-0.1, -0.05) is 25.4 Å². The SMILES string of the molecule is CC(C)c1cc([C@H]2CCCN2C(=O)C2CCC2)no1. The third-order valence-corrected chi connectivity index (χ3v) is 4.45. The fourth-order valence-corrected chi connectivity index (χ4v) is 2.96. The van der Waals surface area contributed by atoms with E-state index in [0.29, 0.717) is 11.8 Å². The summed E-state index contributed by atoms with van der Waals surface area (Å²) in [5, 5.41) is 4.19. The first-order chi connectivity index (χ1) is 9.16. The quantitative estimate of drug-likeness (QED) is 0.840. The zero-order valence-electron chi connectivity index (χ0n) is 11.8. The Morgan fingerprint density at radius 1 is 1.37 bits per heavy atom. The first kappa shape index (κ1) is 12.7. The summed E-state index contributed by atoms with van der Waals surface area (Å²) in [7, 11) is 0. The van der Waals surface area contributed by atoms with Crippen LogP contribution in [0.5, 0.6) is 0 Å². The van der Waals surface area contributed by atoms with Crippen molar-refractivity contribution in [3.8, 4) is 0 Å². The van der Waals surface area contributed by atoms with Crippen molar-refractivity contribution in [1.82, 2.24) is 10.1 Å². The summed E-state index contributed by atoms with van der Waals surface area (Å²) in [6.07, 6.45) is 5.43. The highest BCUT2D eigenvalue weighted by molar-refractivity contribution is 5.80. The summed E-state index contributed by atoms with van der Waals surface area (Å²) >= 11 is 0. The van der Waals surface area contributed by atoms with Crippen molar-refractivity contribution < 1.29 is 9.32 Å². The monoisotopic (exact) mass is 262 g/mol. The second-order valence-electron chi connectivity index (χ2n) is 6.13. The van der Waals surface area contributed by atoms with Gasteiger partial charge in [-0.25, -0.2) is 0 Å². The van der Waals surface area contributed by atoms with Crippen molar-refractivity contribution in [2.75, 3.05) is 6.54 Å². The largest absolute Gasteiger partial charge is 0.361 e. The molecule has 1 aliphatic carbocycles. The Balaban J connectivity index is 1.76. The number of hydrogen-bond donors (Lipinski definition) is 0. The fraction of sp³-hybridized carbons (Fsp3) is 0.733. The molecule has 19 heavy (non-hydrogen) atoms. The van der Waals surface area contributed by atoms with E-state index in [1.807, 2.05) is 11.0 Å². The minimum absolute atomic E-state index is 0.143. The molecule has 0 N–H and O–H groups in total. The Bertz CT molecular complexity index is 462. The van der Waals surface area contributed by atoms with Gasteiger partial charge in [-0.05, 0) is 25.7 Å². The zero-order valence-corrected chi connectivity index (χ0v) is 11.8. The van der Waals surface area contributed by atoms with Crippen LogP contribution in [0.15, 0.2) is 10.6 Å². The number of rotatable bonds is 3. The van der Waals surface area contributed by atoms with Gasteiger partial charge in [-0.15, -0.1) is 0 Å². The van der Waals surface area contributed by atoms with Crippen LogP contribution in [0.1, 0.15) is 69.4 Å². The Labute approximate surface area is 114 Å². The lowest BCUT2D eigenvalue weighted by molar-refractivity contribution is -0.139. The predicted molar refractivity (Wildman–Crippen MR) is 71.6 cm³/mol. The molecule has 1 saturated carbocycles. The van der Waals surface area contributed by atoms with E-state index in [4.69, 9.17) is 4.52 Å². The summed E-state index contributed by atoms with van der Waals surface area (Å²) in [5.41, 5.74) is 0.939. The van der Waals surface area contributed by atoms with E-state index in [0.717, 1.165) is 43.7 Å². The molecule has 0 aromatic carbocycles. The summed E-state index contributed by atoms with van der Waals surface area (Å²) in [4.78, 5) is 14.5. The van der Waals surface area contributed by atoms with Gasteiger partial charge in [0.25, 0.3) is 0 Å². The maximum Gasteiger partial charge on any atom is 0.226 e. The van der Waals surface area contributed by atoms with E-state index in [1.165, 1.54) is 6.42 Å². The molecule has 2 fully saturated rings. The van der Waals surface area contributed by atoms with Crippen molar-refractivity contribution in [3.63, 3.8) is 0 Å². The van der Waals surface area contributed by atoms with Crippen molar-refractivity contribution in [3.05, 3.63) is 17.5 Å². The molecule has 2 aliphatic rings. The second kappa shape index (κ2) is 4.99. The molecule has 4 nitrogen and oxygen atoms in total. The molecule has 2 heterocycles. The molecule has 0 radical (unpaired) electrons. The van der Waals surface area contributed by atoms with Crippen molar-refractivity contribution in [1.29, 1.82) is 0 Å². The molecular weight excluding hydrogens is 240 g/mol. The standard InChI is InChI=1S/C15H22N2O2/c1-10(2)14-9-12(16-19-14)13-7-4-8-17(13)15(18)11-5-3-6-11/h9-11,13H,3-8H2,1-2H3/t13-/m1/s1. The number of likely N-dealkylation sites (tertiary alicyclic amines) is 1. The smallest absolute Gasteiger partial charge is 0.226 e. The highest BCUT2D eigenvalue weighted by Crippen LogP contribution is 2.37. The van der Waals surface area contributed by atoms with Crippen LogP contribution in [0.3, 0.4) is 0 Å². The predicted octanol–water partition coefficient (Wildman–Crippen LogP) is 3.26. The second-order valence-corrected chi connectivity index (χ2v) is 6.13. The van der Waals surface area contributed by atoms with E-state index < -0.39 is 0 Å². The van der Waals surface area contributed by atoms with Crippen LogP contribution in [0.4, 0.5) is 0 Å². The van der Waals surface area contributed by atoms with Gasteiger partial charge in [-0.2, -0.15) is 0 Å². The summed E-state index contributed by atoms with van der Waals surface area (Å²) < 4.78 is 5.38. The van der Waals surface area contributed by atoms with Gasteiger partial charge >= 0.3 is 0 Å². The molecule has 1 saturated heterocycles. The molecule has 3 rings (SSSR count). The van der Waals surface area contributed by atoms with Gasteiger partial charge in [0.1, 0.15) is 11.5 Å². The maximum atomic E-state index is 12.4. The molecule has 0 unspecified atom stereocenters. The van der Waals surface area contributed by atoms with Crippen molar-refractivity contribution in [2.45, 2.75) is 57.9 Å². The normalized spacial score (nSPS) is 23.9. The van der Waals surface area contributed by atoms with Gasteiger partial charge in [-0.3, -0.25) is 4.79 Å². The molecule has 0 bridgehead atoms. The molecule has 1 aromatic rings. The Hall–Kier alpha value is -1.32. The van der Waals surface area contributed by atoms with E-state index >= 15 is 0 Å². The highest BCUT2D eigenvalue weighted by Gasteiger charge is 2.37. The van der Waals surface area contributed by atoms with E-state index in [-0.39, 0.29) is 12.0 Å². The maximum absolute atomic E-state index is 12.4. The average molecular weight is 262 g/mol. The van der Waals surface area contributed by atoms with Gasteiger partial charge in [0.15, 0.2) is 0 Å². The molecule has 1 aliphatic heterocycles. The molecular formula is C15H22N2O2. The molecule has 1 atom stereocenters. The number of aromatic nitrogens is 1. The van der Waals surface area contributed by atoms with Gasteiger partial charge in [0.2, 0.25) is 5.91 Å². The highest BCUT2D eigenvalue weighted by atomic mass is 16.5. The van der Waals surface area contributed by atoms with Crippen LogP contribution in [0, 0.1) is 5.92 Å². The third kappa shape index (κ3) is 2.28. The van der Waals surface area contributed by atoms with Crippen LogP contribution in [-0.4, -0.2) is 22.5 Å². The molecule has 0 spiro atoms. The van der Waals surface area contributed by atoms with Gasteiger partial charge in [0, 0.05) is 24.4 Å². The van der Waals surface area contributed by atoms with Gasteiger partial charge in [0.05, 0.1) is 6.04 Å². The molecule has 1 amide bonds. The van der Waals surface area contributed by atoms with Crippen LogP contribution >= 0.6 is 0 Å². The Morgan fingerprint density at radius 2 is 2.16 bits per heavy atom. The van der Waals surface area contributed by atoms with E-state index in [1.54, 1.807) is 0 Å². The molecule has 1 aromatic heterocycles. The number of amides is 1. The van der Waals surface area contributed by atoms with Crippen LogP contribution in [0.25, 0.3) is 0 Å². The van der Waals surface area contributed by atoms with Gasteiger partial charge < -0.3 is 9.42 Å². The minimum atomic E-state index is 0.143. The minimum Gasteiger partial charge on any atom is -0.361 e. The average Bonchev–Trinajstić information content (AvgIpc) is 2.95. The number of nitrogens with zero attached hydrogens (tertiary/aromatic N) is 2. The Kier molecular flexibility index (Phi) is 3.33. The lowest BCUT2D eigenvalue weighted by Crippen LogP contribution is -2.38. The van der Waals surface area contributed by atoms with Crippen molar-refractivity contribution >= 4 is 5.91 Å². The molecule has 104 valence electrons. The molecule has 4 heteroatoms. The zero-order chi connectivity index (χ0) is 13.4. The third-order valence-electron chi connectivity index (χ3n) is 4.45. The van der Waals surface area contributed by atoms with Crippen LogP contribution in [0.2, 0.25) is 0 Å². The lowest BCUT2D eigenvalue weighted by Gasteiger charge is -2.32. The van der Waals surface area contributed by atoms with Crippen LogP contribution < -0.4 is 0 Å². The number of hydrogen-bond acceptors (Lipinski definition) is 3. The summed E-state index contributed by atoms with van der Waals surface area (Å²) in [5.74, 6) is 1.87. The first-order valence-corrected chi connectivity index (χ1v) is 7.44. The van der Waals surface area contributed by atoms with E-state index in [2.05, 4.69) is 19.0 Å².